The van der Waals surface area contributed by atoms with Crippen molar-refractivity contribution in [1.82, 2.24) is 20.7 Å². The van der Waals surface area contributed by atoms with E-state index in [0.717, 1.165) is 17.0 Å². The number of hydrogen-bond acceptors (Lipinski definition) is 6. The maximum absolute atomic E-state index is 11.6. The highest BCUT2D eigenvalue weighted by Gasteiger charge is 2.17. The molecule has 0 aliphatic heterocycles. The first-order valence-electron chi connectivity index (χ1n) is 6.84. The van der Waals surface area contributed by atoms with Crippen molar-refractivity contribution in [3.63, 3.8) is 0 Å². The van der Waals surface area contributed by atoms with Crippen molar-refractivity contribution in [1.29, 1.82) is 0 Å². The quantitative estimate of drug-likeness (QED) is 0.874. The minimum atomic E-state index is -0.227. The van der Waals surface area contributed by atoms with Gasteiger partial charge in [-0.15, -0.1) is 10.2 Å². The van der Waals surface area contributed by atoms with Gasteiger partial charge in [0, 0.05) is 12.1 Å². The highest BCUT2D eigenvalue weighted by atomic mass is 16.5. The molecule has 2 aromatic rings. The molecule has 0 fully saturated rings. The Morgan fingerprint density at radius 3 is 2.62 bits per heavy atom. The molecule has 21 heavy (non-hydrogen) atoms. The summed E-state index contributed by atoms with van der Waals surface area (Å²) in [6.07, 6.45) is 0. The van der Waals surface area contributed by atoms with Crippen molar-refractivity contribution >= 4 is 11.7 Å². The second kappa shape index (κ2) is 6.34. The van der Waals surface area contributed by atoms with Gasteiger partial charge in [0.15, 0.2) is 5.69 Å². The molecule has 0 bridgehead atoms. The molecule has 1 atom stereocenters. The zero-order valence-corrected chi connectivity index (χ0v) is 12.6. The number of amides is 1. The average Bonchev–Trinajstić information content (AvgIpc) is 2.79. The van der Waals surface area contributed by atoms with Gasteiger partial charge in [-0.1, -0.05) is 5.16 Å². The smallest absolute Gasteiger partial charge is 0.271 e. The fourth-order valence-electron chi connectivity index (χ4n) is 2.18. The van der Waals surface area contributed by atoms with E-state index >= 15 is 0 Å². The second-order valence-corrected chi connectivity index (χ2v) is 4.77. The van der Waals surface area contributed by atoms with Gasteiger partial charge in [0.05, 0.1) is 11.7 Å². The highest BCUT2D eigenvalue weighted by Crippen LogP contribution is 2.23. The Balaban J connectivity index is 2.08. The zero-order chi connectivity index (χ0) is 15.4. The van der Waals surface area contributed by atoms with Crippen LogP contribution in [0.15, 0.2) is 16.7 Å². The van der Waals surface area contributed by atoms with E-state index in [-0.39, 0.29) is 11.9 Å². The first kappa shape index (κ1) is 15.0. The fourth-order valence-corrected chi connectivity index (χ4v) is 2.18. The lowest BCUT2D eigenvalue weighted by molar-refractivity contribution is 0.0950. The van der Waals surface area contributed by atoms with Crippen molar-refractivity contribution in [2.24, 2.45) is 0 Å². The van der Waals surface area contributed by atoms with Crippen molar-refractivity contribution in [2.45, 2.75) is 33.7 Å². The largest absolute Gasteiger partial charge is 0.362 e. The SMILES string of the molecule is CCNC(=O)c1ccc(NC(C)c2c(C)noc2C)nn1. The summed E-state index contributed by atoms with van der Waals surface area (Å²) in [5.74, 6) is 1.14. The van der Waals surface area contributed by atoms with E-state index in [9.17, 15) is 4.79 Å². The molecule has 0 radical (unpaired) electrons. The number of nitrogens with one attached hydrogen (secondary N) is 2. The minimum Gasteiger partial charge on any atom is -0.362 e. The van der Waals surface area contributed by atoms with Crippen LogP contribution in [-0.4, -0.2) is 27.8 Å². The predicted molar refractivity (Wildman–Crippen MR) is 78.1 cm³/mol. The van der Waals surface area contributed by atoms with Gasteiger partial charge >= 0.3 is 0 Å². The third kappa shape index (κ3) is 3.36. The normalized spacial score (nSPS) is 12.0. The highest BCUT2D eigenvalue weighted by molar-refractivity contribution is 5.92. The molecule has 0 saturated heterocycles. The summed E-state index contributed by atoms with van der Waals surface area (Å²) in [5.41, 5.74) is 2.15. The van der Waals surface area contributed by atoms with Crippen LogP contribution in [0.4, 0.5) is 5.82 Å². The van der Waals surface area contributed by atoms with Crippen LogP contribution in [0.1, 0.15) is 47.4 Å². The molecular formula is C14H19N5O2. The van der Waals surface area contributed by atoms with Crippen LogP contribution in [0.5, 0.6) is 0 Å². The minimum absolute atomic E-state index is 0.0131. The van der Waals surface area contributed by atoms with Crippen LogP contribution in [-0.2, 0) is 0 Å². The van der Waals surface area contributed by atoms with E-state index < -0.39 is 0 Å². The zero-order valence-electron chi connectivity index (χ0n) is 12.6. The summed E-state index contributed by atoms with van der Waals surface area (Å²) in [6.45, 7) is 8.17. The number of aromatic nitrogens is 3. The first-order chi connectivity index (χ1) is 10.0. The Morgan fingerprint density at radius 1 is 1.33 bits per heavy atom. The molecular weight excluding hydrogens is 270 g/mol. The third-order valence-corrected chi connectivity index (χ3v) is 3.12. The Kier molecular flexibility index (Phi) is 4.52. The molecule has 0 aliphatic rings. The molecule has 1 amide bonds. The van der Waals surface area contributed by atoms with Crippen LogP contribution >= 0.6 is 0 Å². The maximum Gasteiger partial charge on any atom is 0.271 e. The summed E-state index contributed by atoms with van der Waals surface area (Å²) in [4.78, 5) is 11.6. The molecule has 7 heteroatoms. The number of carbonyl (C=O) groups is 1. The van der Waals surface area contributed by atoms with Gasteiger partial charge in [-0.2, -0.15) is 0 Å². The molecule has 0 spiro atoms. The Hall–Kier alpha value is -2.44. The lowest BCUT2D eigenvalue weighted by Crippen LogP contribution is -2.24. The lowest BCUT2D eigenvalue weighted by atomic mass is 10.1. The number of rotatable bonds is 5. The summed E-state index contributed by atoms with van der Waals surface area (Å²) < 4.78 is 5.15. The van der Waals surface area contributed by atoms with Gasteiger partial charge in [-0.25, -0.2) is 0 Å². The number of aryl methyl sites for hydroxylation is 2. The van der Waals surface area contributed by atoms with E-state index in [4.69, 9.17) is 4.52 Å². The van der Waals surface area contributed by atoms with Crippen molar-refractivity contribution < 1.29 is 9.32 Å². The molecule has 112 valence electrons. The molecule has 0 saturated carbocycles. The molecule has 1 unspecified atom stereocenters. The van der Waals surface area contributed by atoms with Gasteiger partial charge in [0.2, 0.25) is 0 Å². The van der Waals surface area contributed by atoms with Crippen LogP contribution in [0.3, 0.4) is 0 Å². The Labute approximate surface area is 123 Å². The third-order valence-electron chi connectivity index (χ3n) is 3.12. The summed E-state index contributed by atoms with van der Waals surface area (Å²) in [5, 5.41) is 17.8. The number of anilines is 1. The van der Waals surface area contributed by atoms with Gasteiger partial charge in [0.25, 0.3) is 5.91 Å². The van der Waals surface area contributed by atoms with E-state index in [0.29, 0.717) is 18.1 Å². The van der Waals surface area contributed by atoms with E-state index in [1.54, 1.807) is 12.1 Å². The Bertz CT molecular complexity index is 601. The molecule has 0 aromatic carbocycles. The molecule has 2 heterocycles. The van der Waals surface area contributed by atoms with Gasteiger partial charge in [-0.05, 0) is 39.8 Å². The second-order valence-electron chi connectivity index (χ2n) is 4.77. The van der Waals surface area contributed by atoms with Crippen LogP contribution in [0.2, 0.25) is 0 Å². The van der Waals surface area contributed by atoms with E-state index in [1.165, 1.54) is 0 Å². The monoisotopic (exact) mass is 289 g/mol. The van der Waals surface area contributed by atoms with Crippen molar-refractivity contribution in [2.75, 3.05) is 11.9 Å². The summed E-state index contributed by atoms with van der Waals surface area (Å²) >= 11 is 0. The number of hydrogen-bond donors (Lipinski definition) is 2. The predicted octanol–water partition coefficient (Wildman–Crippen LogP) is 2.00. The molecule has 2 N–H and O–H groups in total. The van der Waals surface area contributed by atoms with Gasteiger partial charge < -0.3 is 15.2 Å². The topological polar surface area (TPSA) is 92.9 Å². The van der Waals surface area contributed by atoms with Crippen LogP contribution in [0.25, 0.3) is 0 Å². The average molecular weight is 289 g/mol. The molecule has 2 rings (SSSR count). The van der Waals surface area contributed by atoms with Crippen LogP contribution in [0, 0.1) is 13.8 Å². The standard InChI is InChI=1S/C14H19N5O2/c1-5-15-14(20)11-6-7-12(18-17-11)16-8(2)13-9(3)19-21-10(13)4/h6-8H,5H2,1-4H3,(H,15,20)(H,16,18). The van der Waals surface area contributed by atoms with Crippen molar-refractivity contribution in [3.05, 3.63) is 34.8 Å². The fraction of sp³-hybridized carbons (Fsp3) is 0.429. The van der Waals surface area contributed by atoms with E-state index in [1.807, 2.05) is 27.7 Å². The molecule has 0 aliphatic carbocycles. The number of carbonyl (C=O) groups excluding carboxylic acids is 1. The maximum atomic E-state index is 11.6. The lowest BCUT2D eigenvalue weighted by Gasteiger charge is -2.13. The summed E-state index contributed by atoms with van der Waals surface area (Å²) in [6, 6.07) is 3.35. The first-order valence-corrected chi connectivity index (χ1v) is 6.84. The number of nitrogens with zero attached hydrogens (tertiary/aromatic N) is 3. The Morgan fingerprint density at radius 2 is 2.10 bits per heavy atom. The van der Waals surface area contributed by atoms with Gasteiger partial charge in [0.1, 0.15) is 11.6 Å². The molecule has 2 aromatic heterocycles. The molecule has 7 nitrogen and oxygen atoms in total. The van der Waals surface area contributed by atoms with Gasteiger partial charge in [-0.3, -0.25) is 4.79 Å². The van der Waals surface area contributed by atoms with Crippen LogP contribution < -0.4 is 10.6 Å². The summed E-state index contributed by atoms with van der Waals surface area (Å²) in [7, 11) is 0. The van der Waals surface area contributed by atoms with Crippen molar-refractivity contribution in [3.8, 4) is 0 Å². The van der Waals surface area contributed by atoms with E-state index in [2.05, 4.69) is 26.0 Å².